The Kier molecular flexibility index (Phi) is 5.77. The maximum Gasteiger partial charge on any atom is 0.119 e. The van der Waals surface area contributed by atoms with Gasteiger partial charge in [0.1, 0.15) is 17.3 Å². The van der Waals surface area contributed by atoms with Gasteiger partial charge in [0.2, 0.25) is 0 Å². The molecule has 3 N–H and O–H groups in total. The van der Waals surface area contributed by atoms with Crippen LogP contribution in [0.3, 0.4) is 0 Å². The summed E-state index contributed by atoms with van der Waals surface area (Å²) < 4.78 is 10.4. The van der Waals surface area contributed by atoms with Gasteiger partial charge in [0.15, 0.2) is 0 Å². The van der Waals surface area contributed by atoms with E-state index in [-0.39, 0.29) is 6.61 Å². The van der Waals surface area contributed by atoms with Crippen molar-refractivity contribution >= 4 is 17.2 Å². The van der Waals surface area contributed by atoms with Crippen LogP contribution in [-0.2, 0) is 4.74 Å². The molecule has 0 aliphatic heterocycles. The summed E-state index contributed by atoms with van der Waals surface area (Å²) in [5, 5.41) is 8.48. The molecule has 0 radical (unpaired) electrons. The van der Waals surface area contributed by atoms with Crippen molar-refractivity contribution in [2.45, 2.75) is 0 Å². The van der Waals surface area contributed by atoms with Crippen LogP contribution in [0.1, 0.15) is 5.56 Å². The van der Waals surface area contributed by atoms with Crippen molar-refractivity contribution in [3.05, 3.63) is 29.8 Å². The Morgan fingerprint density at radius 3 is 2.44 bits per heavy atom. The van der Waals surface area contributed by atoms with Crippen LogP contribution < -0.4 is 10.5 Å². The molecule has 0 aliphatic rings. The van der Waals surface area contributed by atoms with Crippen LogP contribution in [-0.4, -0.2) is 36.5 Å². The van der Waals surface area contributed by atoms with E-state index >= 15 is 0 Å². The number of ether oxygens (including phenoxy) is 2. The number of hydrogen-bond acceptors (Lipinski definition) is 4. The maximum atomic E-state index is 8.48. The van der Waals surface area contributed by atoms with E-state index in [1.807, 2.05) is 12.1 Å². The number of benzene rings is 1. The highest BCUT2D eigenvalue weighted by atomic mass is 32.1. The van der Waals surface area contributed by atoms with Gasteiger partial charge in [-0.2, -0.15) is 0 Å². The average molecular weight is 241 g/mol. The summed E-state index contributed by atoms with van der Waals surface area (Å²) in [7, 11) is 0. The maximum absolute atomic E-state index is 8.48. The predicted molar refractivity (Wildman–Crippen MR) is 65.7 cm³/mol. The second-order valence-electron chi connectivity index (χ2n) is 3.07. The van der Waals surface area contributed by atoms with E-state index in [9.17, 15) is 0 Å². The molecule has 0 amide bonds. The van der Waals surface area contributed by atoms with Gasteiger partial charge in [-0.3, -0.25) is 0 Å². The summed E-state index contributed by atoms with van der Waals surface area (Å²) in [6, 6.07) is 7.24. The fraction of sp³-hybridized carbons (Fsp3) is 0.364. The van der Waals surface area contributed by atoms with E-state index in [0.29, 0.717) is 24.8 Å². The first-order valence-corrected chi connectivity index (χ1v) is 5.36. The van der Waals surface area contributed by atoms with Crippen LogP contribution in [0.2, 0.25) is 0 Å². The lowest BCUT2D eigenvalue weighted by molar-refractivity contribution is 0.0705. The van der Waals surface area contributed by atoms with Crippen molar-refractivity contribution in [3.63, 3.8) is 0 Å². The number of rotatable bonds is 7. The van der Waals surface area contributed by atoms with Crippen LogP contribution in [0, 0.1) is 0 Å². The molecule has 1 aromatic rings. The van der Waals surface area contributed by atoms with Crippen LogP contribution in [0.25, 0.3) is 0 Å². The quantitative estimate of drug-likeness (QED) is 0.543. The van der Waals surface area contributed by atoms with E-state index in [1.165, 1.54) is 0 Å². The standard InChI is InChI=1S/C11H15NO3S/c12-11(16)9-1-3-10(4-2-9)15-8-7-14-6-5-13/h1-4,13H,5-8H2,(H2,12,16). The van der Waals surface area contributed by atoms with Crippen molar-refractivity contribution in [1.29, 1.82) is 0 Å². The molecule has 0 atom stereocenters. The molecule has 0 unspecified atom stereocenters. The van der Waals surface area contributed by atoms with E-state index in [2.05, 4.69) is 0 Å². The largest absolute Gasteiger partial charge is 0.491 e. The van der Waals surface area contributed by atoms with Gasteiger partial charge in [-0.05, 0) is 24.3 Å². The van der Waals surface area contributed by atoms with Gasteiger partial charge in [-0.25, -0.2) is 0 Å². The molecular formula is C11H15NO3S. The molecule has 1 aromatic carbocycles. The molecule has 0 heterocycles. The van der Waals surface area contributed by atoms with Crippen molar-refractivity contribution < 1.29 is 14.6 Å². The van der Waals surface area contributed by atoms with Crippen LogP contribution in [0.4, 0.5) is 0 Å². The van der Waals surface area contributed by atoms with E-state index in [4.69, 9.17) is 32.5 Å². The highest BCUT2D eigenvalue weighted by Crippen LogP contribution is 2.11. The third-order valence-electron chi connectivity index (χ3n) is 1.87. The predicted octanol–water partition coefficient (Wildman–Crippen LogP) is 0.708. The summed E-state index contributed by atoms with van der Waals surface area (Å²) in [6.07, 6.45) is 0. The number of hydrogen-bond donors (Lipinski definition) is 2. The van der Waals surface area contributed by atoms with E-state index in [1.54, 1.807) is 12.1 Å². The van der Waals surface area contributed by atoms with Gasteiger partial charge in [-0.15, -0.1) is 0 Å². The molecular weight excluding hydrogens is 226 g/mol. The second kappa shape index (κ2) is 7.16. The van der Waals surface area contributed by atoms with Gasteiger partial charge >= 0.3 is 0 Å². The molecule has 88 valence electrons. The third-order valence-corrected chi connectivity index (χ3v) is 2.11. The zero-order valence-corrected chi connectivity index (χ0v) is 9.70. The molecule has 0 aliphatic carbocycles. The number of thiocarbonyl (C=S) groups is 1. The molecule has 0 fully saturated rings. The molecule has 5 heteroatoms. The molecule has 16 heavy (non-hydrogen) atoms. The first-order chi connectivity index (χ1) is 7.74. The van der Waals surface area contributed by atoms with Crippen molar-refractivity contribution in [2.24, 2.45) is 5.73 Å². The van der Waals surface area contributed by atoms with E-state index in [0.717, 1.165) is 11.3 Å². The minimum Gasteiger partial charge on any atom is -0.491 e. The molecule has 1 rings (SSSR count). The lowest BCUT2D eigenvalue weighted by atomic mass is 10.2. The van der Waals surface area contributed by atoms with Crippen molar-refractivity contribution in [2.75, 3.05) is 26.4 Å². The Morgan fingerprint density at radius 1 is 1.19 bits per heavy atom. The Hall–Kier alpha value is -1.17. The highest BCUT2D eigenvalue weighted by molar-refractivity contribution is 7.80. The topological polar surface area (TPSA) is 64.7 Å². The Balaban J connectivity index is 2.29. The van der Waals surface area contributed by atoms with Gasteiger partial charge in [0, 0.05) is 5.56 Å². The van der Waals surface area contributed by atoms with Crippen LogP contribution in [0.15, 0.2) is 24.3 Å². The van der Waals surface area contributed by atoms with Crippen LogP contribution >= 0.6 is 12.2 Å². The number of aliphatic hydroxyl groups excluding tert-OH is 1. The fourth-order valence-corrected chi connectivity index (χ4v) is 1.24. The molecule has 0 spiro atoms. The SMILES string of the molecule is NC(=S)c1ccc(OCCOCCO)cc1. The van der Waals surface area contributed by atoms with Crippen molar-refractivity contribution in [3.8, 4) is 5.75 Å². The summed E-state index contributed by atoms with van der Waals surface area (Å²) in [6.45, 7) is 1.27. The number of nitrogens with two attached hydrogens (primary N) is 1. The zero-order chi connectivity index (χ0) is 11.8. The zero-order valence-electron chi connectivity index (χ0n) is 8.89. The Labute approximate surface area is 100.0 Å². The summed E-state index contributed by atoms with van der Waals surface area (Å²) in [5.74, 6) is 0.743. The normalized spacial score (nSPS) is 10.1. The molecule has 0 saturated heterocycles. The van der Waals surface area contributed by atoms with Gasteiger partial charge in [0.25, 0.3) is 0 Å². The monoisotopic (exact) mass is 241 g/mol. The minimum atomic E-state index is 0.0304. The Bertz CT molecular complexity index is 327. The molecule has 0 bridgehead atoms. The third kappa shape index (κ3) is 4.57. The van der Waals surface area contributed by atoms with Crippen molar-refractivity contribution in [1.82, 2.24) is 0 Å². The van der Waals surface area contributed by atoms with Crippen LogP contribution in [0.5, 0.6) is 5.75 Å². The second-order valence-corrected chi connectivity index (χ2v) is 3.51. The lowest BCUT2D eigenvalue weighted by Gasteiger charge is -2.07. The minimum absolute atomic E-state index is 0.0304. The summed E-state index contributed by atoms with van der Waals surface area (Å²) in [5.41, 5.74) is 6.28. The first-order valence-electron chi connectivity index (χ1n) is 4.95. The van der Waals surface area contributed by atoms with Gasteiger partial charge in [-0.1, -0.05) is 12.2 Å². The highest BCUT2D eigenvalue weighted by Gasteiger charge is 1.97. The number of aliphatic hydroxyl groups is 1. The van der Waals surface area contributed by atoms with E-state index < -0.39 is 0 Å². The molecule has 0 aromatic heterocycles. The van der Waals surface area contributed by atoms with Gasteiger partial charge in [0.05, 0.1) is 19.8 Å². The smallest absolute Gasteiger partial charge is 0.119 e. The lowest BCUT2D eigenvalue weighted by Crippen LogP contribution is -2.10. The average Bonchev–Trinajstić information content (AvgIpc) is 2.29. The van der Waals surface area contributed by atoms with Gasteiger partial charge < -0.3 is 20.3 Å². The summed E-state index contributed by atoms with van der Waals surface area (Å²) >= 11 is 4.83. The molecule has 0 saturated carbocycles. The first kappa shape index (κ1) is 12.9. The summed E-state index contributed by atoms with van der Waals surface area (Å²) in [4.78, 5) is 0.373. The molecule has 4 nitrogen and oxygen atoms in total. The Morgan fingerprint density at radius 2 is 1.88 bits per heavy atom. The fourth-order valence-electron chi connectivity index (χ4n) is 1.10.